The minimum atomic E-state index is -0.513. The number of rotatable bonds is 4. The molecule has 0 saturated carbocycles. The molecule has 106 valence electrons. The van der Waals surface area contributed by atoms with Gasteiger partial charge in [-0.25, -0.2) is 8.78 Å². The third-order valence-electron chi connectivity index (χ3n) is 3.47. The van der Waals surface area contributed by atoms with Gasteiger partial charge in [0, 0.05) is 17.6 Å². The van der Waals surface area contributed by atoms with Gasteiger partial charge in [-0.1, -0.05) is 35.9 Å². The molecule has 0 amide bonds. The molecule has 0 aromatic heterocycles. The van der Waals surface area contributed by atoms with Crippen molar-refractivity contribution in [2.45, 2.75) is 32.9 Å². The van der Waals surface area contributed by atoms with E-state index in [1.165, 1.54) is 23.8 Å². The van der Waals surface area contributed by atoms with Crippen LogP contribution >= 0.6 is 0 Å². The zero-order chi connectivity index (χ0) is 14.7. The third kappa shape index (κ3) is 3.23. The molecule has 0 heterocycles. The van der Waals surface area contributed by atoms with Crippen molar-refractivity contribution in [3.05, 3.63) is 70.8 Å². The highest BCUT2D eigenvalue weighted by atomic mass is 19.1. The minimum absolute atomic E-state index is 0.0175. The van der Waals surface area contributed by atoms with E-state index in [-0.39, 0.29) is 11.6 Å². The molecule has 2 rings (SSSR count). The minimum Gasteiger partial charge on any atom is -0.303 e. The Morgan fingerprint density at radius 1 is 0.900 bits per heavy atom. The van der Waals surface area contributed by atoms with E-state index >= 15 is 0 Å². The number of halogens is 2. The lowest BCUT2D eigenvalue weighted by Gasteiger charge is -2.22. The fraction of sp³-hybridized carbons (Fsp3) is 0.294. The summed E-state index contributed by atoms with van der Waals surface area (Å²) < 4.78 is 27.5. The lowest BCUT2D eigenvalue weighted by Crippen LogP contribution is -2.24. The summed E-state index contributed by atoms with van der Waals surface area (Å²) in [6, 6.07) is 11.7. The summed E-state index contributed by atoms with van der Waals surface area (Å²) in [6.07, 6.45) is 0. The highest BCUT2D eigenvalue weighted by Gasteiger charge is 2.18. The van der Waals surface area contributed by atoms with Crippen molar-refractivity contribution < 1.29 is 8.78 Å². The molecule has 1 unspecified atom stereocenters. The fourth-order valence-electron chi connectivity index (χ4n) is 2.42. The summed E-state index contributed by atoms with van der Waals surface area (Å²) >= 11 is 0. The Kier molecular flexibility index (Phi) is 4.50. The zero-order valence-corrected chi connectivity index (χ0v) is 12.0. The normalized spacial score (nSPS) is 14.1. The highest BCUT2D eigenvalue weighted by Crippen LogP contribution is 2.24. The van der Waals surface area contributed by atoms with Crippen molar-refractivity contribution >= 4 is 0 Å². The molecule has 2 aromatic rings. The predicted octanol–water partition coefficient (Wildman–Crippen LogP) is 4.69. The van der Waals surface area contributed by atoms with Gasteiger partial charge in [0.25, 0.3) is 0 Å². The topological polar surface area (TPSA) is 12.0 Å². The standard InChI is InChI=1S/C17H19F2N/c1-11-6-4-7-14(10-11)12(2)20-13(3)17-15(18)8-5-9-16(17)19/h4-10,12-13,20H,1-3H3/t12-,13?/m0/s1. The second kappa shape index (κ2) is 6.14. The first-order chi connectivity index (χ1) is 9.49. The maximum absolute atomic E-state index is 13.7. The molecular weight excluding hydrogens is 256 g/mol. The predicted molar refractivity (Wildman–Crippen MR) is 77.5 cm³/mol. The first kappa shape index (κ1) is 14.7. The van der Waals surface area contributed by atoms with E-state index in [2.05, 4.69) is 11.4 Å². The second-order valence-corrected chi connectivity index (χ2v) is 5.16. The summed E-state index contributed by atoms with van der Waals surface area (Å²) in [5.41, 5.74) is 2.36. The van der Waals surface area contributed by atoms with Gasteiger partial charge >= 0.3 is 0 Å². The van der Waals surface area contributed by atoms with Gasteiger partial charge in [-0.2, -0.15) is 0 Å². The third-order valence-corrected chi connectivity index (χ3v) is 3.47. The van der Waals surface area contributed by atoms with Gasteiger partial charge in [0.2, 0.25) is 0 Å². The Morgan fingerprint density at radius 2 is 1.50 bits per heavy atom. The van der Waals surface area contributed by atoms with Crippen LogP contribution < -0.4 is 5.32 Å². The molecule has 1 nitrogen and oxygen atoms in total. The quantitative estimate of drug-likeness (QED) is 0.854. The number of aryl methyl sites for hydroxylation is 1. The van der Waals surface area contributed by atoms with Gasteiger partial charge in [0.1, 0.15) is 11.6 Å². The van der Waals surface area contributed by atoms with Crippen LogP contribution in [0.15, 0.2) is 42.5 Å². The fourth-order valence-corrected chi connectivity index (χ4v) is 2.42. The van der Waals surface area contributed by atoms with Crippen LogP contribution in [-0.2, 0) is 0 Å². The van der Waals surface area contributed by atoms with E-state index in [1.54, 1.807) is 6.92 Å². The molecule has 0 spiro atoms. The van der Waals surface area contributed by atoms with Gasteiger partial charge < -0.3 is 5.32 Å². The number of nitrogens with one attached hydrogen (secondary N) is 1. The molecule has 3 heteroatoms. The molecule has 0 saturated heterocycles. The first-order valence-electron chi connectivity index (χ1n) is 6.75. The smallest absolute Gasteiger partial charge is 0.130 e. The zero-order valence-electron chi connectivity index (χ0n) is 12.0. The van der Waals surface area contributed by atoms with Crippen molar-refractivity contribution in [1.29, 1.82) is 0 Å². The van der Waals surface area contributed by atoms with Crippen molar-refractivity contribution in [3.63, 3.8) is 0 Å². The summed E-state index contributed by atoms with van der Waals surface area (Å²) in [5, 5.41) is 3.24. The molecular formula is C17H19F2N. The summed E-state index contributed by atoms with van der Waals surface area (Å²) in [7, 11) is 0. The van der Waals surface area contributed by atoms with Gasteiger partial charge in [0.05, 0.1) is 0 Å². The number of hydrogen-bond donors (Lipinski definition) is 1. The lowest BCUT2D eigenvalue weighted by molar-refractivity contribution is 0.449. The molecule has 0 aliphatic rings. The van der Waals surface area contributed by atoms with Crippen LogP contribution in [0.1, 0.15) is 42.6 Å². The van der Waals surface area contributed by atoms with Crippen LogP contribution in [-0.4, -0.2) is 0 Å². The number of hydrogen-bond acceptors (Lipinski definition) is 1. The van der Waals surface area contributed by atoms with Crippen LogP contribution in [0.2, 0.25) is 0 Å². The van der Waals surface area contributed by atoms with E-state index in [4.69, 9.17) is 0 Å². The molecule has 0 fully saturated rings. The van der Waals surface area contributed by atoms with Gasteiger partial charge in [-0.3, -0.25) is 0 Å². The Labute approximate surface area is 118 Å². The van der Waals surface area contributed by atoms with E-state index in [0.29, 0.717) is 0 Å². The Balaban J connectivity index is 2.17. The van der Waals surface area contributed by atoms with Crippen LogP contribution in [0.5, 0.6) is 0 Å². The monoisotopic (exact) mass is 275 g/mol. The average molecular weight is 275 g/mol. The second-order valence-electron chi connectivity index (χ2n) is 5.16. The lowest BCUT2D eigenvalue weighted by atomic mass is 10.0. The van der Waals surface area contributed by atoms with Crippen LogP contribution in [0.25, 0.3) is 0 Å². The van der Waals surface area contributed by atoms with Gasteiger partial charge in [-0.15, -0.1) is 0 Å². The molecule has 0 aliphatic carbocycles. The van der Waals surface area contributed by atoms with Crippen LogP contribution in [0, 0.1) is 18.6 Å². The van der Waals surface area contributed by atoms with E-state index in [9.17, 15) is 8.78 Å². The van der Waals surface area contributed by atoms with Gasteiger partial charge in [-0.05, 0) is 38.5 Å². The Morgan fingerprint density at radius 3 is 2.10 bits per heavy atom. The summed E-state index contributed by atoms with van der Waals surface area (Å²) in [5.74, 6) is -1.03. The summed E-state index contributed by atoms with van der Waals surface area (Å²) in [4.78, 5) is 0. The largest absolute Gasteiger partial charge is 0.303 e. The van der Waals surface area contributed by atoms with Crippen molar-refractivity contribution in [1.82, 2.24) is 5.32 Å². The van der Waals surface area contributed by atoms with E-state index in [1.807, 2.05) is 32.0 Å². The molecule has 0 aliphatic heterocycles. The van der Waals surface area contributed by atoms with Crippen molar-refractivity contribution in [2.75, 3.05) is 0 Å². The highest BCUT2D eigenvalue weighted by molar-refractivity contribution is 5.26. The SMILES string of the molecule is Cc1cccc([C@H](C)NC(C)c2c(F)cccc2F)c1. The molecule has 1 N–H and O–H groups in total. The Hall–Kier alpha value is -1.74. The van der Waals surface area contributed by atoms with Crippen molar-refractivity contribution in [2.24, 2.45) is 0 Å². The Bertz CT molecular complexity index is 575. The van der Waals surface area contributed by atoms with Crippen LogP contribution in [0.3, 0.4) is 0 Å². The first-order valence-corrected chi connectivity index (χ1v) is 6.75. The molecule has 2 atom stereocenters. The average Bonchev–Trinajstić information content (AvgIpc) is 2.38. The molecule has 0 bridgehead atoms. The number of benzene rings is 2. The van der Waals surface area contributed by atoms with E-state index in [0.717, 1.165) is 5.56 Å². The molecule has 2 aromatic carbocycles. The van der Waals surface area contributed by atoms with Crippen molar-refractivity contribution in [3.8, 4) is 0 Å². The molecule has 0 radical (unpaired) electrons. The van der Waals surface area contributed by atoms with Gasteiger partial charge in [0.15, 0.2) is 0 Å². The summed E-state index contributed by atoms with van der Waals surface area (Å²) in [6.45, 7) is 5.79. The molecule has 20 heavy (non-hydrogen) atoms. The van der Waals surface area contributed by atoms with Crippen LogP contribution in [0.4, 0.5) is 8.78 Å². The maximum Gasteiger partial charge on any atom is 0.130 e. The van der Waals surface area contributed by atoms with E-state index < -0.39 is 17.7 Å². The maximum atomic E-state index is 13.7.